The van der Waals surface area contributed by atoms with Crippen molar-refractivity contribution in [3.63, 3.8) is 0 Å². The van der Waals surface area contributed by atoms with E-state index < -0.39 is 0 Å². The maximum atomic E-state index is 9.80. The lowest BCUT2D eigenvalue weighted by Gasteiger charge is -2.26. The third-order valence-electron chi connectivity index (χ3n) is 3.65. The summed E-state index contributed by atoms with van der Waals surface area (Å²) in [5.74, 6) is 0.834. The van der Waals surface area contributed by atoms with Gasteiger partial charge < -0.3 is 9.84 Å². The summed E-state index contributed by atoms with van der Waals surface area (Å²) < 4.78 is 7.69. The zero-order valence-corrected chi connectivity index (χ0v) is 11.4. The number of rotatable bonds is 4. The largest absolute Gasteiger partial charge is 0.504 e. The number of hydrogen-bond donors (Lipinski definition) is 1. The predicted octanol–water partition coefficient (Wildman–Crippen LogP) is 1.39. The van der Waals surface area contributed by atoms with Crippen LogP contribution >= 0.6 is 0 Å². The van der Waals surface area contributed by atoms with Crippen LogP contribution in [-0.2, 0) is 7.05 Å². The van der Waals surface area contributed by atoms with Gasteiger partial charge in [0.05, 0.1) is 0 Å². The average molecular weight is 251 g/mol. The summed E-state index contributed by atoms with van der Waals surface area (Å²) in [6.07, 6.45) is 5.78. The van der Waals surface area contributed by atoms with Crippen molar-refractivity contribution in [1.82, 2.24) is 4.90 Å². The van der Waals surface area contributed by atoms with Crippen molar-refractivity contribution in [3.05, 3.63) is 18.0 Å². The maximum Gasteiger partial charge on any atom is 0.228 e. The molecule has 2 rings (SSSR count). The molecule has 0 radical (unpaired) electrons. The lowest BCUT2D eigenvalue weighted by molar-refractivity contribution is -0.678. The standard InChI is InChI=1S/C14H22N2O2/c1-12-14(13(17)6-9-15(12)2)18-11-10-16-7-4-3-5-8-16/h6,9H,3-5,7-8,10-11H2,1-2H3/p+1. The number of nitrogens with zero attached hydrogens (tertiary/aromatic N) is 2. The molecule has 100 valence electrons. The highest BCUT2D eigenvalue weighted by Gasteiger charge is 2.16. The first kappa shape index (κ1) is 13.1. The van der Waals surface area contributed by atoms with Crippen molar-refractivity contribution >= 4 is 0 Å². The maximum absolute atomic E-state index is 9.80. The summed E-state index contributed by atoms with van der Waals surface area (Å²) in [6.45, 7) is 5.89. The summed E-state index contributed by atoms with van der Waals surface area (Å²) in [5.41, 5.74) is 0.952. The highest BCUT2D eigenvalue weighted by atomic mass is 16.5. The van der Waals surface area contributed by atoms with E-state index in [1.165, 1.54) is 32.4 Å². The van der Waals surface area contributed by atoms with Crippen molar-refractivity contribution < 1.29 is 14.4 Å². The Morgan fingerprint density at radius 2 is 2.06 bits per heavy atom. The molecule has 1 N–H and O–H groups in total. The Labute approximate surface area is 109 Å². The van der Waals surface area contributed by atoms with E-state index in [1.807, 2.05) is 24.7 Å². The monoisotopic (exact) mass is 251 g/mol. The second-order valence-corrected chi connectivity index (χ2v) is 4.98. The fraction of sp³-hybridized carbons (Fsp3) is 0.643. The summed E-state index contributed by atoms with van der Waals surface area (Å²) in [7, 11) is 1.95. The van der Waals surface area contributed by atoms with E-state index in [-0.39, 0.29) is 5.75 Å². The average Bonchev–Trinajstić information content (AvgIpc) is 2.39. The number of pyridine rings is 1. The molecule has 1 saturated heterocycles. The Hall–Kier alpha value is -1.29. The van der Waals surface area contributed by atoms with E-state index in [2.05, 4.69) is 4.90 Å². The van der Waals surface area contributed by atoms with E-state index in [0.717, 1.165) is 12.2 Å². The van der Waals surface area contributed by atoms with Gasteiger partial charge in [-0.3, -0.25) is 4.90 Å². The number of aromatic hydroxyl groups is 1. The minimum absolute atomic E-state index is 0.226. The summed E-state index contributed by atoms with van der Waals surface area (Å²) in [5, 5.41) is 9.80. The molecule has 4 nitrogen and oxygen atoms in total. The van der Waals surface area contributed by atoms with Gasteiger partial charge in [-0.05, 0) is 25.9 Å². The van der Waals surface area contributed by atoms with Crippen molar-refractivity contribution in [2.45, 2.75) is 26.2 Å². The first-order chi connectivity index (χ1) is 8.68. The van der Waals surface area contributed by atoms with Crippen LogP contribution in [0.4, 0.5) is 0 Å². The normalized spacial score (nSPS) is 16.8. The SMILES string of the molecule is Cc1c(OCCN2CCCCC2)c(O)cc[n+]1C. The third kappa shape index (κ3) is 3.13. The highest BCUT2D eigenvalue weighted by Crippen LogP contribution is 2.26. The smallest absolute Gasteiger partial charge is 0.228 e. The van der Waals surface area contributed by atoms with Gasteiger partial charge in [0.2, 0.25) is 11.4 Å². The van der Waals surface area contributed by atoms with Gasteiger partial charge in [0.15, 0.2) is 11.9 Å². The molecule has 0 bridgehead atoms. The summed E-state index contributed by atoms with van der Waals surface area (Å²) in [4.78, 5) is 2.43. The second kappa shape index (κ2) is 6.05. The molecule has 0 saturated carbocycles. The van der Waals surface area contributed by atoms with Crippen LogP contribution in [0.2, 0.25) is 0 Å². The molecule has 1 aliphatic heterocycles. The molecule has 1 aromatic rings. The van der Waals surface area contributed by atoms with Crippen LogP contribution in [0.1, 0.15) is 25.0 Å². The molecule has 0 spiro atoms. The number of hydrogen-bond acceptors (Lipinski definition) is 3. The zero-order chi connectivity index (χ0) is 13.0. The predicted molar refractivity (Wildman–Crippen MR) is 69.8 cm³/mol. The molecule has 0 aromatic carbocycles. The molecule has 18 heavy (non-hydrogen) atoms. The molecule has 1 fully saturated rings. The van der Waals surface area contributed by atoms with Gasteiger partial charge in [-0.25, -0.2) is 4.57 Å². The molecule has 0 amide bonds. The Morgan fingerprint density at radius 3 is 2.78 bits per heavy atom. The lowest BCUT2D eigenvalue weighted by Crippen LogP contribution is -2.34. The lowest BCUT2D eigenvalue weighted by atomic mass is 10.1. The van der Waals surface area contributed by atoms with Crippen molar-refractivity contribution in [1.29, 1.82) is 0 Å². The Kier molecular flexibility index (Phi) is 4.42. The van der Waals surface area contributed by atoms with Crippen molar-refractivity contribution in [2.75, 3.05) is 26.2 Å². The van der Waals surface area contributed by atoms with Gasteiger partial charge in [-0.1, -0.05) is 6.42 Å². The van der Waals surface area contributed by atoms with E-state index >= 15 is 0 Å². The number of likely N-dealkylation sites (tertiary alicyclic amines) is 1. The second-order valence-electron chi connectivity index (χ2n) is 4.98. The molecule has 0 unspecified atom stereocenters. The number of piperidine rings is 1. The molecule has 0 atom stereocenters. The topological polar surface area (TPSA) is 36.6 Å². The van der Waals surface area contributed by atoms with Crippen molar-refractivity contribution in [2.24, 2.45) is 7.05 Å². The molecule has 0 aliphatic carbocycles. The van der Waals surface area contributed by atoms with Gasteiger partial charge >= 0.3 is 0 Å². The third-order valence-corrected chi connectivity index (χ3v) is 3.65. The van der Waals surface area contributed by atoms with E-state index in [9.17, 15) is 5.11 Å². The summed E-state index contributed by atoms with van der Waals surface area (Å²) >= 11 is 0. The van der Waals surface area contributed by atoms with E-state index in [4.69, 9.17) is 4.74 Å². The van der Waals surface area contributed by atoms with Gasteiger partial charge in [-0.15, -0.1) is 0 Å². The van der Waals surface area contributed by atoms with Gasteiger partial charge in [0.1, 0.15) is 13.7 Å². The first-order valence-electron chi connectivity index (χ1n) is 6.72. The molecular weight excluding hydrogens is 228 g/mol. The number of ether oxygens (including phenoxy) is 1. The fourth-order valence-corrected chi connectivity index (χ4v) is 2.35. The van der Waals surface area contributed by atoms with Crippen LogP contribution < -0.4 is 9.30 Å². The minimum Gasteiger partial charge on any atom is -0.504 e. The van der Waals surface area contributed by atoms with E-state index in [0.29, 0.717) is 12.4 Å². The molecule has 4 heteroatoms. The number of aryl methyl sites for hydroxylation is 1. The zero-order valence-electron chi connectivity index (χ0n) is 11.4. The highest BCUT2D eigenvalue weighted by molar-refractivity contribution is 5.38. The van der Waals surface area contributed by atoms with Gasteiger partial charge in [0.25, 0.3) is 0 Å². The van der Waals surface area contributed by atoms with Crippen LogP contribution in [0.3, 0.4) is 0 Å². The van der Waals surface area contributed by atoms with Crippen molar-refractivity contribution in [3.8, 4) is 11.5 Å². The summed E-state index contributed by atoms with van der Waals surface area (Å²) in [6, 6.07) is 1.67. The van der Waals surface area contributed by atoms with Crippen LogP contribution in [-0.4, -0.2) is 36.2 Å². The minimum atomic E-state index is 0.226. The molecular formula is C14H23N2O2+. The van der Waals surface area contributed by atoms with E-state index in [1.54, 1.807) is 6.07 Å². The molecule has 2 heterocycles. The first-order valence-corrected chi connectivity index (χ1v) is 6.72. The number of aromatic nitrogens is 1. The Morgan fingerprint density at radius 1 is 1.33 bits per heavy atom. The van der Waals surface area contributed by atoms with Gasteiger partial charge in [-0.2, -0.15) is 0 Å². The Bertz CT molecular complexity index is 401. The van der Waals surface area contributed by atoms with Crippen LogP contribution in [0.25, 0.3) is 0 Å². The Balaban J connectivity index is 1.88. The van der Waals surface area contributed by atoms with Crippen LogP contribution in [0.5, 0.6) is 11.5 Å². The quantitative estimate of drug-likeness (QED) is 0.822. The fourth-order valence-electron chi connectivity index (χ4n) is 2.35. The van der Waals surface area contributed by atoms with Gasteiger partial charge in [0, 0.05) is 19.5 Å². The molecule has 1 aromatic heterocycles. The molecule has 1 aliphatic rings. The van der Waals surface area contributed by atoms with Crippen LogP contribution in [0, 0.1) is 6.92 Å². The van der Waals surface area contributed by atoms with Crippen LogP contribution in [0.15, 0.2) is 12.3 Å².